The Hall–Kier alpha value is -3.78. The van der Waals surface area contributed by atoms with Crippen LogP contribution in [-0.2, 0) is 4.79 Å². The van der Waals surface area contributed by atoms with E-state index in [0.717, 1.165) is 38.3 Å². The van der Waals surface area contributed by atoms with Crippen LogP contribution in [0.4, 0.5) is 5.13 Å². The highest BCUT2D eigenvalue weighted by Crippen LogP contribution is 2.41. The fraction of sp³-hybridized carbons (Fsp3) is 0.200. The van der Waals surface area contributed by atoms with Crippen LogP contribution in [0.25, 0.3) is 21.7 Å². The molecule has 0 aliphatic carbocycles. The quantitative estimate of drug-likeness (QED) is 0.416. The van der Waals surface area contributed by atoms with Gasteiger partial charge in [-0.3, -0.25) is 4.79 Å². The molecule has 1 fully saturated rings. The average Bonchev–Trinajstić information content (AvgIpc) is 3.31. The van der Waals surface area contributed by atoms with E-state index >= 15 is 0 Å². The maximum Gasteiger partial charge on any atom is 0.306 e. The number of aliphatic carboxylic acids is 1. The molecule has 33 heavy (non-hydrogen) atoms. The lowest BCUT2D eigenvalue weighted by Gasteiger charge is -2.29. The molecule has 1 aliphatic heterocycles. The lowest BCUT2D eigenvalue weighted by Crippen LogP contribution is -2.36. The smallest absolute Gasteiger partial charge is 0.306 e. The van der Waals surface area contributed by atoms with E-state index < -0.39 is 5.97 Å². The number of hydrogen-bond donors (Lipinski definition) is 1. The first-order valence-electron chi connectivity index (χ1n) is 10.7. The fourth-order valence-electron chi connectivity index (χ4n) is 3.87. The summed E-state index contributed by atoms with van der Waals surface area (Å²) < 4.78 is 5.92. The molecule has 1 saturated heterocycles. The predicted molar refractivity (Wildman–Crippen MR) is 128 cm³/mol. The van der Waals surface area contributed by atoms with Crippen LogP contribution >= 0.6 is 11.3 Å². The molecule has 8 heteroatoms. The van der Waals surface area contributed by atoms with E-state index in [1.165, 1.54) is 6.33 Å². The number of nitrogens with zero attached hydrogens (tertiary/aromatic N) is 4. The van der Waals surface area contributed by atoms with Crippen molar-refractivity contribution in [1.82, 2.24) is 15.0 Å². The van der Waals surface area contributed by atoms with Crippen molar-refractivity contribution in [2.24, 2.45) is 5.92 Å². The lowest BCUT2D eigenvalue weighted by molar-refractivity contribution is -0.142. The maximum absolute atomic E-state index is 11.3. The number of piperidine rings is 1. The van der Waals surface area contributed by atoms with E-state index in [1.807, 2.05) is 54.6 Å². The Labute approximate surface area is 195 Å². The molecule has 5 rings (SSSR count). The minimum absolute atomic E-state index is 0.278. The van der Waals surface area contributed by atoms with E-state index in [0.29, 0.717) is 25.9 Å². The van der Waals surface area contributed by atoms with Gasteiger partial charge in [-0.1, -0.05) is 29.5 Å². The number of carbonyl (C=O) groups is 1. The highest BCUT2D eigenvalue weighted by Gasteiger charge is 2.27. The second-order valence-electron chi connectivity index (χ2n) is 7.84. The van der Waals surface area contributed by atoms with Crippen molar-refractivity contribution in [3.8, 4) is 33.2 Å². The number of hydrogen-bond acceptors (Lipinski definition) is 7. The zero-order chi connectivity index (χ0) is 22.6. The van der Waals surface area contributed by atoms with Gasteiger partial charge in [-0.2, -0.15) is 0 Å². The first-order chi connectivity index (χ1) is 16.2. The number of ether oxygens (including phenoxy) is 1. The summed E-state index contributed by atoms with van der Waals surface area (Å²) in [6.45, 7) is 1.36. The monoisotopic (exact) mass is 458 g/mol. The number of rotatable bonds is 6. The van der Waals surface area contributed by atoms with Crippen LogP contribution in [0.5, 0.6) is 11.5 Å². The minimum atomic E-state index is -0.714. The van der Waals surface area contributed by atoms with Crippen molar-refractivity contribution in [2.75, 3.05) is 18.0 Å². The zero-order valence-electron chi connectivity index (χ0n) is 17.8. The molecular formula is C25H22N4O3S. The van der Waals surface area contributed by atoms with E-state index in [-0.39, 0.29) is 5.92 Å². The number of aromatic nitrogens is 3. The molecule has 3 heterocycles. The molecule has 2 aromatic heterocycles. The van der Waals surface area contributed by atoms with Crippen molar-refractivity contribution in [1.29, 1.82) is 0 Å². The van der Waals surface area contributed by atoms with Crippen LogP contribution in [0.1, 0.15) is 12.8 Å². The van der Waals surface area contributed by atoms with Gasteiger partial charge < -0.3 is 14.7 Å². The molecule has 0 saturated carbocycles. The van der Waals surface area contributed by atoms with E-state index in [4.69, 9.17) is 9.72 Å². The summed E-state index contributed by atoms with van der Waals surface area (Å²) in [5.74, 6) is 0.545. The fourth-order valence-corrected chi connectivity index (χ4v) is 4.99. The Morgan fingerprint density at radius 3 is 2.27 bits per heavy atom. The second kappa shape index (κ2) is 9.38. The normalized spacial score (nSPS) is 14.2. The summed E-state index contributed by atoms with van der Waals surface area (Å²) in [5, 5.41) is 10.2. The number of para-hydroxylation sites is 1. The largest absolute Gasteiger partial charge is 0.481 e. The zero-order valence-corrected chi connectivity index (χ0v) is 18.6. The summed E-state index contributed by atoms with van der Waals surface area (Å²) in [6, 6.07) is 17.5. The summed E-state index contributed by atoms with van der Waals surface area (Å²) in [6.07, 6.45) is 6.34. The molecule has 0 spiro atoms. The van der Waals surface area contributed by atoms with Crippen molar-refractivity contribution < 1.29 is 14.6 Å². The maximum atomic E-state index is 11.3. The van der Waals surface area contributed by atoms with Gasteiger partial charge in [0.15, 0.2) is 5.13 Å². The van der Waals surface area contributed by atoms with Gasteiger partial charge in [0.2, 0.25) is 0 Å². The Morgan fingerprint density at radius 2 is 1.61 bits per heavy atom. The van der Waals surface area contributed by atoms with Gasteiger partial charge in [0.1, 0.15) is 17.8 Å². The Kier molecular flexibility index (Phi) is 5.99. The van der Waals surface area contributed by atoms with Crippen LogP contribution in [0.15, 0.2) is 73.3 Å². The average molecular weight is 459 g/mol. The highest BCUT2D eigenvalue weighted by molar-refractivity contribution is 7.19. The van der Waals surface area contributed by atoms with E-state index in [1.54, 1.807) is 23.7 Å². The van der Waals surface area contributed by atoms with Gasteiger partial charge in [-0.15, -0.1) is 0 Å². The van der Waals surface area contributed by atoms with Gasteiger partial charge in [-0.05, 0) is 49.2 Å². The Bertz CT molecular complexity index is 1220. The number of carboxylic acid groups (broad SMARTS) is 1. The number of benzene rings is 2. The molecule has 7 nitrogen and oxygen atoms in total. The summed E-state index contributed by atoms with van der Waals surface area (Å²) in [4.78, 5) is 27.8. The molecule has 0 unspecified atom stereocenters. The molecule has 4 aromatic rings. The third-order valence-corrected chi connectivity index (χ3v) is 6.83. The van der Waals surface area contributed by atoms with Crippen molar-refractivity contribution in [3.05, 3.63) is 73.3 Å². The van der Waals surface area contributed by atoms with Crippen LogP contribution < -0.4 is 9.64 Å². The first-order valence-corrected chi connectivity index (χ1v) is 11.6. The summed E-state index contributed by atoms with van der Waals surface area (Å²) >= 11 is 1.59. The first kappa shape index (κ1) is 21.1. The minimum Gasteiger partial charge on any atom is -0.481 e. The topological polar surface area (TPSA) is 88.4 Å². The van der Waals surface area contributed by atoms with Crippen LogP contribution in [0.3, 0.4) is 0 Å². The summed E-state index contributed by atoms with van der Waals surface area (Å²) in [7, 11) is 0. The molecule has 0 radical (unpaired) electrons. The SMILES string of the molecule is O=C(O)C1CCN(c2nc(-c3ccc(Oc4ccccc4)cc3)c(-c3cncnc3)s2)CC1. The standard InChI is InChI=1S/C25H22N4O3S/c30-24(31)18-10-12-29(13-11-18)25-28-22(23(33-25)19-14-26-16-27-15-19)17-6-8-21(9-7-17)32-20-4-2-1-3-5-20/h1-9,14-16,18H,10-13H2,(H,30,31). The van der Waals surface area contributed by atoms with Gasteiger partial charge in [0, 0.05) is 36.6 Å². The number of anilines is 1. The van der Waals surface area contributed by atoms with Crippen molar-refractivity contribution in [3.63, 3.8) is 0 Å². The van der Waals surface area contributed by atoms with Crippen molar-refractivity contribution >= 4 is 22.4 Å². The molecule has 2 aromatic carbocycles. The van der Waals surface area contributed by atoms with Gasteiger partial charge in [0.05, 0.1) is 16.5 Å². The molecule has 1 aliphatic rings. The number of thiazole rings is 1. The molecule has 0 atom stereocenters. The predicted octanol–water partition coefficient (Wildman–Crippen LogP) is 5.36. The Morgan fingerprint density at radius 1 is 0.939 bits per heavy atom. The highest BCUT2D eigenvalue weighted by atomic mass is 32.1. The molecule has 0 amide bonds. The van der Waals surface area contributed by atoms with E-state index in [9.17, 15) is 9.90 Å². The van der Waals surface area contributed by atoms with Gasteiger partial charge in [0.25, 0.3) is 0 Å². The van der Waals surface area contributed by atoms with Crippen LogP contribution in [0.2, 0.25) is 0 Å². The van der Waals surface area contributed by atoms with E-state index in [2.05, 4.69) is 14.9 Å². The second-order valence-corrected chi connectivity index (χ2v) is 8.82. The molecule has 1 N–H and O–H groups in total. The van der Waals surface area contributed by atoms with Gasteiger partial charge >= 0.3 is 5.97 Å². The molecule has 0 bridgehead atoms. The third-order valence-electron chi connectivity index (χ3n) is 5.66. The number of carboxylic acids is 1. The Balaban J connectivity index is 1.44. The third kappa shape index (κ3) is 4.70. The molecular weight excluding hydrogens is 436 g/mol. The van der Waals surface area contributed by atoms with Crippen LogP contribution in [-0.4, -0.2) is 39.1 Å². The van der Waals surface area contributed by atoms with Gasteiger partial charge in [-0.25, -0.2) is 15.0 Å². The molecule has 166 valence electrons. The lowest BCUT2D eigenvalue weighted by atomic mass is 9.97. The van der Waals surface area contributed by atoms with Crippen molar-refractivity contribution in [2.45, 2.75) is 12.8 Å². The summed E-state index contributed by atoms with van der Waals surface area (Å²) in [5.41, 5.74) is 2.73. The van der Waals surface area contributed by atoms with Crippen LogP contribution in [0, 0.1) is 5.92 Å².